The van der Waals surface area contributed by atoms with Gasteiger partial charge in [-0.3, -0.25) is 4.79 Å². The molecule has 0 spiro atoms. The smallest absolute Gasteiger partial charge is 0.256 e. The second kappa shape index (κ2) is 11.1. The summed E-state index contributed by atoms with van der Waals surface area (Å²) >= 11 is 0. The highest BCUT2D eigenvalue weighted by Crippen LogP contribution is 2.22. The van der Waals surface area contributed by atoms with Crippen LogP contribution in [0.1, 0.15) is 47.5 Å². The van der Waals surface area contributed by atoms with E-state index in [1.807, 2.05) is 38.1 Å². The molecule has 0 saturated carbocycles. The van der Waals surface area contributed by atoms with Gasteiger partial charge in [-0.05, 0) is 57.6 Å². The Labute approximate surface area is 152 Å². The number of carbonyl (C=O) groups is 1. The molecule has 1 atom stereocenters. The van der Waals surface area contributed by atoms with Crippen LogP contribution in [-0.2, 0) is 9.53 Å². The molecule has 1 rings (SSSR count). The Hall–Kier alpha value is -1.59. The van der Waals surface area contributed by atoms with Crippen molar-refractivity contribution < 1.29 is 14.3 Å². The van der Waals surface area contributed by atoms with Gasteiger partial charge in [-0.15, -0.1) is 0 Å². The first-order valence-corrected chi connectivity index (χ1v) is 9.39. The number of anilines is 1. The van der Waals surface area contributed by atoms with Crippen LogP contribution >= 0.6 is 0 Å². The van der Waals surface area contributed by atoms with E-state index in [2.05, 4.69) is 31.0 Å². The molecule has 0 bridgehead atoms. The fourth-order valence-electron chi connectivity index (χ4n) is 2.78. The van der Waals surface area contributed by atoms with Gasteiger partial charge in [0.05, 0.1) is 0 Å². The van der Waals surface area contributed by atoms with Crippen LogP contribution in [0, 0.1) is 0 Å². The Morgan fingerprint density at radius 3 is 2.28 bits per heavy atom. The van der Waals surface area contributed by atoms with E-state index in [0.29, 0.717) is 19.6 Å². The van der Waals surface area contributed by atoms with E-state index in [0.717, 1.165) is 37.5 Å². The molecule has 0 aromatic heterocycles. The predicted octanol–water partition coefficient (Wildman–Crippen LogP) is 3.94. The maximum Gasteiger partial charge on any atom is 0.256 e. The van der Waals surface area contributed by atoms with Crippen LogP contribution in [0.15, 0.2) is 24.3 Å². The SMILES string of the molecule is CCCC(C)(OCC)C(=O)Nc1ccc(OCCN(CC)CC)cc1. The minimum Gasteiger partial charge on any atom is -0.492 e. The second-order valence-corrected chi connectivity index (χ2v) is 6.27. The second-order valence-electron chi connectivity index (χ2n) is 6.27. The minimum absolute atomic E-state index is 0.105. The maximum atomic E-state index is 12.5. The molecule has 1 unspecified atom stereocenters. The summed E-state index contributed by atoms with van der Waals surface area (Å²) in [6.07, 6.45) is 1.59. The van der Waals surface area contributed by atoms with E-state index in [4.69, 9.17) is 9.47 Å². The zero-order valence-electron chi connectivity index (χ0n) is 16.4. The van der Waals surface area contributed by atoms with Gasteiger partial charge in [0, 0.05) is 18.8 Å². The molecule has 0 saturated heterocycles. The quantitative estimate of drug-likeness (QED) is 0.620. The molecule has 0 aliphatic carbocycles. The fraction of sp³-hybridized carbons (Fsp3) is 0.650. The Morgan fingerprint density at radius 2 is 1.76 bits per heavy atom. The van der Waals surface area contributed by atoms with Crippen LogP contribution in [0.3, 0.4) is 0 Å². The standard InChI is InChI=1S/C20H34N2O3/c1-6-14-20(5,25-9-4)19(23)21-17-10-12-18(13-11-17)24-16-15-22(7-2)8-3/h10-13H,6-9,14-16H2,1-5H3,(H,21,23). The molecule has 0 aliphatic heterocycles. The first-order valence-electron chi connectivity index (χ1n) is 9.39. The zero-order chi connectivity index (χ0) is 18.7. The number of carbonyl (C=O) groups excluding carboxylic acids is 1. The molecule has 25 heavy (non-hydrogen) atoms. The van der Waals surface area contributed by atoms with Gasteiger partial charge in [0.2, 0.25) is 0 Å². The number of rotatable bonds is 12. The number of hydrogen-bond donors (Lipinski definition) is 1. The Balaban J connectivity index is 2.56. The van der Waals surface area contributed by atoms with E-state index in [-0.39, 0.29) is 5.91 Å². The van der Waals surface area contributed by atoms with Crippen LogP contribution in [0.4, 0.5) is 5.69 Å². The number of ether oxygens (including phenoxy) is 2. The van der Waals surface area contributed by atoms with Crippen molar-refractivity contribution in [1.82, 2.24) is 4.90 Å². The van der Waals surface area contributed by atoms with E-state index in [1.54, 1.807) is 0 Å². The van der Waals surface area contributed by atoms with E-state index >= 15 is 0 Å². The van der Waals surface area contributed by atoms with Crippen molar-refractivity contribution in [1.29, 1.82) is 0 Å². The summed E-state index contributed by atoms with van der Waals surface area (Å²) in [5.41, 5.74) is -0.0364. The predicted molar refractivity (Wildman–Crippen MR) is 103 cm³/mol. The molecule has 1 aromatic carbocycles. The third-order valence-electron chi connectivity index (χ3n) is 4.35. The van der Waals surface area contributed by atoms with Crippen LogP contribution in [-0.4, -0.2) is 49.3 Å². The van der Waals surface area contributed by atoms with E-state index < -0.39 is 5.60 Å². The average Bonchev–Trinajstić information content (AvgIpc) is 2.60. The molecule has 142 valence electrons. The molecule has 0 aliphatic rings. The van der Waals surface area contributed by atoms with E-state index in [1.165, 1.54) is 0 Å². The van der Waals surface area contributed by atoms with Gasteiger partial charge in [0.15, 0.2) is 0 Å². The third-order valence-corrected chi connectivity index (χ3v) is 4.35. The number of hydrogen-bond acceptors (Lipinski definition) is 4. The lowest BCUT2D eigenvalue weighted by atomic mass is 9.99. The molecule has 1 N–H and O–H groups in total. The van der Waals surface area contributed by atoms with Gasteiger partial charge in [-0.25, -0.2) is 0 Å². The van der Waals surface area contributed by atoms with Crippen molar-refractivity contribution in [3.63, 3.8) is 0 Å². The lowest BCUT2D eigenvalue weighted by Crippen LogP contribution is -2.42. The first kappa shape index (κ1) is 21.5. The summed E-state index contributed by atoms with van der Waals surface area (Å²) in [4.78, 5) is 14.9. The number of nitrogens with one attached hydrogen (secondary N) is 1. The molecule has 1 amide bonds. The van der Waals surface area contributed by atoms with Crippen molar-refractivity contribution in [2.45, 2.75) is 53.1 Å². The number of benzene rings is 1. The minimum atomic E-state index is -0.789. The lowest BCUT2D eigenvalue weighted by Gasteiger charge is -2.27. The lowest BCUT2D eigenvalue weighted by molar-refractivity contribution is -0.139. The number of nitrogens with zero attached hydrogens (tertiary/aromatic N) is 1. The van der Waals surface area contributed by atoms with Crippen molar-refractivity contribution in [3.8, 4) is 5.75 Å². The molecular formula is C20H34N2O3. The normalized spacial score (nSPS) is 13.5. The van der Waals surface area contributed by atoms with Crippen molar-refractivity contribution in [2.24, 2.45) is 0 Å². The maximum absolute atomic E-state index is 12.5. The van der Waals surface area contributed by atoms with Crippen molar-refractivity contribution in [2.75, 3.05) is 38.2 Å². The topological polar surface area (TPSA) is 50.8 Å². The molecule has 5 nitrogen and oxygen atoms in total. The van der Waals surface area contributed by atoms with Crippen LogP contribution in [0.25, 0.3) is 0 Å². The Morgan fingerprint density at radius 1 is 1.12 bits per heavy atom. The summed E-state index contributed by atoms with van der Waals surface area (Å²) in [7, 11) is 0. The Bertz CT molecular complexity index is 492. The largest absolute Gasteiger partial charge is 0.492 e. The monoisotopic (exact) mass is 350 g/mol. The summed E-state index contributed by atoms with van der Waals surface area (Å²) in [5, 5.41) is 2.94. The van der Waals surface area contributed by atoms with Gasteiger partial charge in [-0.1, -0.05) is 27.2 Å². The summed E-state index contributed by atoms with van der Waals surface area (Å²) in [6, 6.07) is 7.50. The highest BCUT2D eigenvalue weighted by atomic mass is 16.5. The third kappa shape index (κ3) is 7.04. The fourth-order valence-corrected chi connectivity index (χ4v) is 2.78. The summed E-state index contributed by atoms with van der Waals surface area (Å²) < 4.78 is 11.4. The zero-order valence-corrected chi connectivity index (χ0v) is 16.4. The highest BCUT2D eigenvalue weighted by molar-refractivity contribution is 5.97. The molecule has 0 radical (unpaired) electrons. The van der Waals surface area contributed by atoms with Crippen LogP contribution in [0.5, 0.6) is 5.75 Å². The van der Waals surface area contributed by atoms with Crippen LogP contribution in [0.2, 0.25) is 0 Å². The van der Waals surface area contributed by atoms with Gasteiger partial charge in [-0.2, -0.15) is 0 Å². The molecular weight excluding hydrogens is 316 g/mol. The first-order chi connectivity index (χ1) is 12.0. The van der Waals surface area contributed by atoms with Gasteiger partial charge in [0.1, 0.15) is 18.0 Å². The average molecular weight is 351 g/mol. The molecule has 5 heteroatoms. The molecule has 1 aromatic rings. The van der Waals surface area contributed by atoms with Crippen molar-refractivity contribution in [3.05, 3.63) is 24.3 Å². The van der Waals surface area contributed by atoms with Crippen molar-refractivity contribution >= 4 is 11.6 Å². The number of likely N-dealkylation sites (N-methyl/N-ethyl adjacent to an activating group) is 1. The highest BCUT2D eigenvalue weighted by Gasteiger charge is 2.32. The molecule has 0 heterocycles. The molecule has 0 fully saturated rings. The van der Waals surface area contributed by atoms with E-state index in [9.17, 15) is 4.79 Å². The van der Waals surface area contributed by atoms with Gasteiger partial charge >= 0.3 is 0 Å². The van der Waals surface area contributed by atoms with Gasteiger partial charge in [0.25, 0.3) is 5.91 Å². The van der Waals surface area contributed by atoms with Gasteiger partial charge < -0.3 is 19.7 Å². The number of amides is 1. The summed E-state index contributed by atoms with van der Waals surface area (Å²) in [5.74, 6) is 0.706. The van der Waals surface area contributed by atoms with Crippen LogP contribution < -0.4 is 10.1 Å². The Kier molecular flexibility index (Phi) is 9.53. The summed E-state index contributed by atoms with van der Waals surface area (Å²) in [6.45, 7) is 14.2.